The Morgan fingerprint density at radius 2 is 1.92 bits per heavy atom. The Kier molecular flexibility index (Phi) is 4.68. The zero-order valence-corrected chi connectivity index (χ0v) is 15.6. The molecule has 1 aliphatic heterocycles. The molecule has 2 aromatic heterocycles. The standard InChI is InChI=1S/C20H25N5O/c1-13(2)19-23-20(26-24-19)15-7-6-10-25(11-15)12-18-14(3)21-16-8-4-5-9-17(16)22-18/h4-5,8-9,13,15H,6-7,10-12H2,1-3H3. The first-order chi connectivity index (χ1) is 12.6. The van der Waals surface area contributed by atoms with Gasteiger partial charge in [0.05, 0.1) is 28.3 Å². The Balaban J connectivity index is 1.50. The van der Waals surface area contributed by atoms with Gasteiger partial charge < -0.3 is 4.52 Å². The minimum atomic E-state index is 0.294. The highest BCUT2D eigenvalue weighted by atomic mass is 16.5. The molecule has 3 aromatic rings. The third-order valence-corrected chi connectivity index (χ3v) is 5.04. The molecule has 6 heteroatoms. The van der Waals surface area contributed by atoms with Gasteiger partial charge in [-0.2, -0.15) is 4.98 Å². The first-order valence-electron chi connectivity index (χ1n) is 9.38. The van der Waals surface area contributed by atoms with Crippen molar-refractivity contribution in [3.8, 4) is 0 Å². The number of aromatic nitrogens is 4. The Morgan fingerprint density at radius 3 is 2.65 bits per heavy atom. The van der Waals surface area contributed by atoms with Crippen molar-refractivity contribution in [2.45, 2.75) is 52.0 Å². The molecule has 6 nitrogen and oxygen atoms in total. The first kappa shape index (κ1) is 17.1. The first-order valence-corrected chi connectivity index (χ1v) is 9.38. The Hall–Kier alpha value is -2.34. The van der Waals surface area contributed by atoms with E-state index in [9.17, 15) is 0 Å². The lowest BCUT2D eigenvalue weighted by Crippen LogP contribution is -2.34. The van der Waals surface area contributed by atoms with E-state index in [-0.39, 0.29) is 0 Å². The van der Waals surface area contributed by atoms with E-state index in [1.165, 1.54) is 0 Å². The predicted octanol–water partition coefficient (Wildman–Crippen LogP) is 3.82. The van der Waals surface area contributed by atoms with Gasteiger partial charge in [0, 0.05) is 19.0 Å². The highest BCUT2D eigenvalue weighted by Crippen LogP contribution is 2.28. The van der Waals surface area contributed by atoms with Crippen molar-refractivity contribution < 1.29 is 4.52 Å². The van der Waals surface area contributed by atoms with Gasteiger partial charge in [-0.1, -0.05) is 31.1 Å². The van der Waals surface area contributed by atoms with E-state index in [4.69, 9.17) is 14.5 Å². The highest BCUT2D eigenvalue weighted by molar-refractivity contribution is 5.74. The fourth-order valence-corrected chi connectivity index (χ4v) is 3.53. The number of rotatable bonds is 4. The monoisotopic (exact) mass is 351 g/mol. The summed E-state index contributed by atoms with van der Waals surface area (Å²) in [5.41, 5.74) is 3.97. The van der Waals surface area contributed by atoms with Gasteiger partial charge in [0.25, 0.3) is 0 Å². The van der Waals surface area contributed by atoms with Crippen molar-refractivity contribution in [2.75, 3.05) is 13.1 Å². The molecule has 1 fully saturated rings. The molecule has 1 atom stereocenters. The summed E-state index contributed by atoms with van der Waals surface area (Å²) in [5.74, 6) is 2.17. The van der Waals surface area contributed by atoms with Crippen LogP contribution in [0.2, 0.25) is 0 Å². The van der Waals surface area contributed by atoms with Crippen molar-refractivity contribution in [1.82, 2.24) is 25.0 Å². The zero-order chi connectivity index (χ0) is 18.1. The van der Waals surface area contributed by atoms with Crippen molar-refractivity contribution >= 4 is 11.0 Å². The molecule has 3 heterocycles. The van der Waals surface area contributed by atoms with Gasteiger partial charge in [0.15, 0.2) is 5.82 Å². The van der Waals surface area contributed by atoms with Gasteiger partial charge in [-0.15, -0.1) is 0 Å². The molecule has 0 saturated carbocycles. The lowest BCUT2D eigenvalue weighted by Gasteiger charge is -2.30. The third-order valence-electron chi connectivity index (χ3n) is 5.04. The van der Waals surface area contributed by atoms with Crippen molar-refractivity contribution in [3.05, 3.63) is 47.4 Å². The second-order valence-corrected chi connectivity index (χ2v) is 7.46. The molecule has 1 aromatic carbocycles. The molecule has 1 saturated heterocycles. The highest BCUT2D eigenvalue weighted by Gasteiger charge is 2.27. The van der Waals surface area contributed by atoms with Crippen molar-refractivity contribution in [2.24, 2.45) is 0 Å². The SMILES string of the molecule is Cc1nc2ccccc2nc1CN1CCCC(c2nc(C(C)C)no2)C1. The van der Waals surface area contributed by atoms with E-state index in [0.29, 0.717) is 11.8 Å². The molecule has 0 bridgehead atoms. The normalized spacial score (nSPS) is 18.7. The molecule has 26 heavy (non-hydrogen) atoms. The van der Waals surface area contributed by atoms with Gasteiger partial charge in [-0.3, -0.25) is 4.90 Å². The quantitative estimate of drug-likeness (QED) is 0.712. The minimum Gasteiger partial charge on any atom is -0.339 e. The van der Waals surface area contributed by atoms with Crippen LogP contribution in [0.25, 0.3) is 11.0 Å². The van der Waals surface area contributed by atoms with Crippen LogP contribution < -0.4 is 0 Å². The second-order valence-electron chi connectivity index (χ2n) is 7.46. The minimum absolute atomic E-state index is 0.294. The van der Waals surface area contributed by atoms with Gasteiger partial charge in [0.2, 0.25) is 5.89 Å². The van der Waals surface area contributed by atoms with Crippen LogP contribution in [-0.4, -0.2) is 38.1 Å². The average molecular weight is 351 g/mol. The van der Waals surface area contributed by atoms with Crippen LogP contribution in [0, 0.1) is 6.92 Å². The number of fused-ring (bicyclic) bond motifs is 1. The Morgan fingerprint density at radius 1 is 1.15 bits per heavy atom. The number of nitrogens with zero attached hydrogens (tertiary/aromatic N) is 5. The topological polar surface area (TPSA) is 67.9 Å². The smallest absolute Gasteiger partial charge is 0.231 e. The number of likely N-dealkylation sites (tertiary alicyclic amines) is 1. The van der Waals surface area contributed by atoms with Gasteiger partial charge >= 0.3 is 0 Å². The second kappa shape index (κ2) is 7.11. The molecule has 0 aliphatic carbocycles. The summed E-state index contributed by atoms with van der Waals surface area (Å²) in [7, 11) is 0. The maximum absolute atomic E-state index is 5.53. The number of hydrogen-bond donors (Lipinski definition) is 0. The van der Waals surface area contributed by atoms with Crippen LogP contribution in [0.1, 0.15) is 61.6 Å². The van der Waals surface area contributed by atoms with E-state index in [1.807, 2.05) is 31.2 Å². The summed E-state index contributed by atoms with van der Waals surface area (Å²) in [6.45, 7) is 9.02. The van der Waals surface area contributed by atoms with E-state index in [2.05, 4.69) is 28.9 Å². The van der Waals surface area contributed by atoms with Crippen LogP contribution in [0.4, 0.5) is 0 Å². The summed E-state index contributed by atoms with van der Waals surface area (Å²) in [5, 5.41) is 4.12. The van der Waals surface area contributed by atoms with Gasteiger partial charge in [0.1, 0.15) is 0 Å². The molecule has 4 rings (SSSR count). The average Bonchev–Trinajstić information content (AvgIpc) is 3.13. The zero-order valence-electron chi connectivity index (χ0n) is 15.6. The maximum atomic E-state index is 5.53. The fraction of sp³-hybridized carbons (Fsp3) is 0.500. The lowest BCUT2D eigenvalue weighted by atomic mass is 9.97. The van der Waals surface area contributed by atoms with Gasteiger partial charge in [-0.05, 0) is 38.4 Å². The largest absolute Gasteiger partial charge is 0.339 e. The Bertz CT molecular complexity index is 904. The number of aryl methyl sites for hydroxylation is 1. The molecule has 136 valence electrons. The van der Waals surface area contributed by atoms with Crippen LogP contribution in [0.15, 0.2) is 28.8 Å². The third kappa shape index (κ3) is 3.46. The molecule has 1 unspecified atom stereocenters. The lowest BCUT2D eigenvalue weighted by molar-refractivity contribution is 0.178. The summed E-state index contributed by atoms with van der Waals surface area (Å²) < 4.78 is 5.53. The van der Waals surface area contributed by atoms with Crippen LogP contribution >= 0.6 is 0 Å². The summed E-state index contributed by atoms with van der Waals surface area (Å²) in [6.07, 6.45) is 2.22. The predicted molar refractivity (Wildman–Crippen MR) is 99.9 cm³/mol. The molecular formula is C20H25N5O. The van der Waals surface area contributed by atoms with E-state index in [1.54, 1.807) is 0 Å². The van der Waals surface area contributed by atoms with Crippen molar-refractivity contribution in [1.29, 1.82) is 0 Å². The summed E-state index contributed by atoms with van der Waals surface area (Å²) in [4.78, 5) is 16.6. The maximum Gasteiger partial charge on any atom is 0.231 e. The molecule has 0 spiro atoms. The molecule has 0 N–H and O–H groups in total. The molecular weight excluding hydrogens is 326 g/mol. The summed E-state index contributed by atoms with van der Waals surface area (Å²) in [6, 6.07) is 8.05. The number of hydrogen-bond acceptors (Lipinski definition) is 6. The van der Waals surface area contributed by atoms with Crippen LogP contribution in [0.5, 0.6) is 0 Å². The number of para-hydroxylation sites is 2. The van der Waals surface area contributed by atoms with E-state index in [0.717, 1.165) is 66.6 Å². The molecule has 1 aliphatic rings. The Labute approximate surface area is 153 Å². The van der Waals surface area contributed by atoms with Crippen LogP contribution in [0.3, 0.4) is 0 Å². The summed E-state index contributed by atoms with van der Waals surface area (Å²) >= 11 is 0. The van der Waals surface area contributed by atoms with Crippen molar-refractivity contribution in [3.63, 3.8) is 0 Å². The van der Waals surface area contributed by atoms with Gasteiger partial charge in [-0.25, -0.2) is 9.97 Å². The van der Waals surface area contributed by atoms with E-state index < -0.39 is 0 Å². The van der Waals surface area contributed by atoms with E-state index >= 15 is 0 Å². The van der Waals surface area contributed by atoms with Crippen LogP contribution in [-0.2, 0) is 6.54 Å². The molecule has 0 radical (unpaired) electrons. The number of piperidine rings is 1. The molecule has 0 amide bonds. The fourth-order valence-electron chi connectivity index (χ4n) is 3.53. The number of benzene rings is 1.